The Kier molecular flexibility index (Phi) is 4.28. The van der Waals surface area contributed by atoms with Crippen LogP contribution in [0.2, 0.25) is 0 Å². The molecule has 1 fully saturated rings. The molecular weight excluding hydrogens is 314 g/mol. The predicted octanol–water partition coefficient (Wildman–Crippen LogP) is 4.02. The van der Waals surface area contributed by atoms with E-state index in [1.165, 1.54) is 0 Å². The molecule has 1 atom stereocenters. The summed E-state index contributed by atoms with van der Waals surface area (Å²) in [7, 11) is 0. The number of hydrogen-bond donors (Lipinski definition) is 1. The molecule has 128 valence electrons. The number of amides is 1. The Bertz CT molecular complexity index is 830. The van der Waals surface area contributed by atoms with Gasteiger partial charge >= 0.3 is 0 Å². The van der Waals surface area contributed by atoms with Gasteiger partial charge in [-0.2, -0.15) is 0 Å². The molecule has 0 saturated carbocycles. The van der Waals surface area contributed by atoms with Crippen molar-refractivity contribution in [1.29, 1.82) is 0 Å². The number of fused-ring (bicyclic) bond motifs is 1. The number of carbonyl (C=O) groups is 1. The van der Waals surface area contributed by atoms with Gasteiger partial charge in [-0.05, 0) is 36.5 Å². The van der Waals surface area contributed by atoms with Crippen LogP contribution in [0.5, 0.6) is 0 Å². The van der Waals surface area contributed by atoms with Crippen molar-refractivity contribution in [2.75, 3.05) is 13.1 Å². The summed E-state index contributed by atoms with van der Waals surface area (Å²) in [5.41, 5.74) is 1.68. The third-order valence-electron chi connectivity index (χ3n) is 5.05. The van der Waals surface area contributed by atoms with E-state index < -0.39 is 6.10 Å². The topological polar surface area (TPSA) is 53.7 Å². The van der Waals surface area contributed by atoms with E-state index >= 15 is 0 Å². The number of benzene rings is 2. The third-order valence-corrected chi connectivity index (χ3v) is 5.05. The van der Waals surface area contributed by atoms with Crippen LogP contribution in [0.1, 0.15) is 35.1 Å². The van der Waals surface area contributed by atoms with Crippen LogP contribution in [-0.4, -0.2) is 29.0 Å². The van der Waals surface area contributed by atoms with Crippen LogP contribution in [0.25, 0.3) is 11.0 Å². The fourth-order valence-corrected chi connectivity index (χ4v) is 3.58. The van der Waals surface area contributed by atoms with Gasteiger partial charge in [0, 0.05) is 18.5 Å². The summed E-state index contributed by atoms with van der Waals surface area (Å²) in [5.74, 6) is 0.509. The zero-order valence-electron chi connectivity index (χ0n) is 14.0. The summed E-state index contributed by atoms with van der Waals surface area (Å²) in [6.07, 6.45) is 1.12. The minimum atomic E-state index is -0.468. The molecule has 1 amide bonds. The smallest absolute Gasteiger partial charge is 0.289 e. The number of aliphatic hydroxyl groups is 1. The minimum absolute atomic E-state index is 0.0659. The lowest BCUT2D eigenvalue weighted by molar-refractivity contribution is 0.0444. The number of likely N-dealkylation sites (tertiary alicyclic amines) is 1. The van der Waals surface area contributed by atoms with Crippen molar-refractivity contribution >= 4 is 16.9 Å². The maximum Gasteiger partial charge on any atom is 0.289 e. The maximum absolute atomic E-state index is 12.7. The number of rotatable bonds is 3. The second-order valence-electron chi connectivity index (χ2n) is 6.63. The van der Waals surface area contributed by atoms with Gasteiger partial charge < -0.3 is 14.4 Å². The first-order valence-electron chi connectivity index (χ1n) is 8.73. The van der Waals surface area contributed by atoms with E-state index in [2.05, 4.69) is 0 Å². The van der Waals surface area contributed by atoms with Crippen LogP contribution in [0.4, 0.5) is 0 Å². The molecule has 1 N–H and O–H groups in total. The first-order chi connectivity index (χ1) is 12.2. The van der Waals surface area contributed by atoms with E-state index in [1.807, 2.05) is 65.6 Å². The van der Waals surface area contributed by atoms with E-state index in [1.54, 1.807) is 0 Å². The van der Waals surface area contributed by atoms with Gasteiger partial charge in [-0.15, -0.1) is 0 Å². The van der Waals surface area contributed by atoms with Crippen molar-refractivity contribution in [2.24, 2.45) is 5.92 Å². The quantitative estimate of drug-likeness (QED) is 0.786. The summed E-state index contributed by atoms with van der Waals surface area (Å²) >= 11 is 0. The summed E-state index contributed by atoms with van der Waals surface area (Å²) in [4.78, 5) is 14.5. The molecule has 1 aliphatic rings. The van der Waals surface area contributed by atoms with Crippen molar-refractivity contribution in [2.45, 2.75) is 18.9 Å². The zero-order valence-corrected chi connectivity index (χ0v) is 14.0. The second-order valence-corrected chi connectivity index (χ2v) is 6.63. The number of carbonyl (C=O) groups excluding carboxylic acids is 1. The lowest BCUT2D eigenvalue weighted by atomic mass is 9.87. The molecule has 0 bridgehead atoms. The lowest BCUT2D eigenvalue weighted by Gasteiger charge is -2.34. The molecule has 4 nitrogen and oxygen atoms in total. The van der Waals surface area contributed by atoms with Gasteiger partial charge in [0.05, 0.1) is 6.10 Å². The molecule has 25 heavy (non-hydrogen) atoms. The molecule has 0 unspecified atom stereocenters. The first kappa shape index (κ1) is 15.9. The van der Waals surface area contributed by atoms with Crippen LogP contribution >= 0.6 is 0 Å². The molecule has 0 radical (unpaired) electrons. The van der Waals surface area contributed by atoms with E-state index in [0.29, 0.717) is 18.8 Å². The van der Waals surface area contributed by atoms with Gasteiger partial charge in [0.1, 0.15) is 5.58 Å². The zero-order chi connectivity index (χ0) is 17.2. The molecule has 2 heterocycles. The number of nitrogens with zero attached hydrogens (tertiary/aromatic N) is 1. The fourth-order valence-electron chi connectivity index (χ4n) is 3.58. The Morgan fingerprint density at radius 3 is 2.44 bits per heavy atom. The van der Waals surface area contributed by atoms with Crippen molar-refractivity contribution in [3.63, 3.8) is 0 Å². The highest BCUT2D eigenvalue weighted by Crippen LogP contribution is 2.31. The van der Waals surface area contributed by atoms with E-state index in [9.17, 15) is 9.90 Å². The van der Waals surface area contributed by atoms with E-state index in [0.717, 1.165) is 29.4 Å². The Labute approximate surface area is 146 Å². The predicted molar refractivity (Wildman–Crippen MR) is 96.2 cm³/mol. The molecule has 4 heteroatoms. The summed E-state index contributed by atoms with van der Waals surface area (Å²) in [5, 5.41) is 11.5. The number of aliphatic hydroxyl groups excluding tert-OH is 1. The van der Waals surface area contributed by atoms with Gasteiger partial charge in [-0.3, -0.25) is 4.79 Å². The number of furan rings is 1. The molecule has 1 aromatic heterocycles. The summed E-state index contributed by atoms with van der Waals surface area (Å²) in [6.45, 7) is 1.29. The highest BCUT2D eigenvalue weighted by Gasteiger charge is 2.29. The second kappa shape index (κ2) is 6.73. The average molecular weight is 335 g/mol. The highest BCUT2D eigenvalue weighted by atomic mass is 16.3. The van der Waals surface area contributed by atoms with Crippen molar-refractivity contribution in [1.82, 2.24) is 4.90 Å². The Morgan fingerprint density at radius 2 is 1.72 bits per heavy atom. The summed E-state index contributed by atoms with van der Waals surface area (Å²) < 4.78 is 5.69. The summed E-state index contributed by atoms with van der Waals surface area (Å²) in [6, 6.07) is 19.2. The van der Waals surface area contributed by atoms with Crippen LogP contribution in [0.15, 0.2) is 65.1 Å². The Hall–Kier alpha value is -2.59. The first-order valence-corrected chi connectivity index (χ1v) is 8.73. The Morgan fingerprint density at radius 1 is 1.04 bits per heavy atom. The molecule has 0 aliphatic carbocycles. The van der Waals surface area contributed by atoms with Crippen molar-refractivity contribution in [3.05, 3.63) is 72.0 Å². The SMILES string of the molecule is O=C(c1cc2ccccc2o1)N1CCC([C@H](O)c2ccccc2)CC1. The van der Waals surface area contributed by atoms with Gasteiger partial charge in [-0.1, -0.05) is 48.5 Å². The van der Waals surface area contributed by atoms with Gasteiger partial charge in [0.25, 0.3) is 5.91 Å². The molecule has 0 spiro atoms. The molecule has 1 saturated heterocycles. The average Bonchev–Trinajstić information content (AvgIpc) is 3.12. The lowest BCUT2D eigenvalue weighted by Crippen LogP contribution is -2.39. The van der Waals surface area contributed by atoms with Gasteiger partial charge in [0.15, 0.2) is 5.76 Å². The number of hydrogen-bond acceptors (Lipinski definition) is 3. The Balaban J connectivity index is 1.42. The monoisotopic (exact) mass is 335 g/mol. The normalized spacial score (nSPS) is 16.9. The third kappa shape index (κ3) is 3.17. The van der Waals surface area contributed by atoms with Crippen LogP contribution in [0.3, 0.4) is 0 Å². The highest BCUT2D eigenvalue weighted by molar-refractivity contribution is 5.96. The van der Waals surface area contributed by atoms with Crippen LogP contribution in [0, 0.1) is 5.92 Å². The van der Waals surface area contributed by atoms with E-state index in [-0.39, 0.29) is 11.8 Å². The largest absolute Gasteiger partial charge is 0.451 e. The fraction of sp³-hybridized carbons (Fsp3) is 0.286. The number of piperidine rings is 1. The van der Waals surface area contributed by atoms with Gasteiger partial charge in [-0.25, -0.2) is 0 Å². The van der Waals surface area contributed by atoms with Crippen LogP contribution in [-0.2, 0) is 0 Å². The van der Waals surface area contributed by atoms with E-state index in [4.69, 9.17) is 4.42 Å². The number of para-hydroxylation sites is 1. The standard InChI is InChI=1S/C21H21NO3/c23-20(15-6-2-1-3-7-15)16-10-12-22(13-11-16)21(24)19-14-17-8-4-5-9-18(17)25-19/h1-9,14,16,20,23H,10-13H2/t20-/m1/s1. The molecule has 1 aliphatic heterocycles. The molecule has 2 aromatic carbocycles. The molecule has 4 rings (SSSR count). The van der Waals surface area contributed by atoms with Crippen molar-refractivity contribution < 1.29 is 14.3 Å². The van der Waals surface area contributed by atoms with Gasteiger partial charge in [0.2, 0.25) is 0 Å². The molecule has 3 aromatic rings. The minimum Gasteiger partial charge on any atom is -0.451 e. The molecular formula is C21H21NO3. The maximum atomic E-state index is 12.7. The van der Waals surface area contributed by atoms with Crippen molar-refractivity contribution in [3.8, 4) is 0 Å². The van der Waals surface area contributed by atoms with Crippen LogP contribution < -0.4 is 0 Å².